The van der Waals surface area contributed by atoms with E-state index in [1.807, 2.05) is 0 Å². The summed E-state index contributed by atoms with van der Waals surface area (Å²) >= 11 is 0. The molecular weight excluding hydrogens is 498 g/mol. The molecule has 2 heteroatoms. The summed E-state index contributed by atoms with van der Waals surface area (Å²) in [4.78, 5) is 2.57. The van der Waals surface area contributed by atoms with E-state index in [4.69, 9.17) is 0 Å². The number of hydrogen-bond acceptors (Lipinski definition) is 2. The number of aliphatic hydroxyl groups excluding tert-OH is 1. The molecule has 0 aliphatic rings. The Hall–Kier alpha value is -0.860. The predicted molar refractivity (Wildman–Crippen MR) is 187 cm³/mol. The maximum absolute atomic E-state index is 9.54. The van der Waals surface area contributed by atoms with Crippen molar-refractivity contribution in [2.75, 3.05) is 26.2 Å². The Kier molecular flexibility index (Phi) is 28.6. The van der Waals surface area contributed by atoms with Crippen LogP contribution < -0.4 is 0 Å². The summed E-state index contributed by atoms with van der Waals surface area (Å²) in [7, 11) is 0. The Morgan fingerprint density at radius 3 is 1.46 bits per heavy atom. The van der Waals surface area contributed by atoms with Gasteiger partial charge in [-0.05, 0) is 57.9 Å². The first kappa shape index (κ1) is 40.1. The van der Waals surface area contributed by atoms with Gasteiger partial charge in [-0.3, -0.25) is 4.90 Å². The van der Waals surface area contributed by atoms with Gasteiger partial charge in [-0.25, -0.2) is 0 Å². The van der Waals surface area contributed by atoms with Crippen molar-refractivity contribution in [3.8, 4) is 0 Å². The number of nitrogens with zero attached hydrogens (tertiary/aromatic N) is 1. The van der Waals surface area contributed by atoms with Crippen molar-refractivity contribution in [2.45, 2.75) is 181 Å². The minimum atomic E-state index is 0.0659. The average Bonchev–Trinajstić information content (AvgIpc) is 2.98. The van der Waals surface area contributed by atoms with Crippen molar-refractivity contribution >= 4 is 0 Å². The Morgan fingerprint density at radius 2 is 1.00 bits per heavy atom. The van der Waals surface area contributed by atoms with E-state index < -0.39 is 0 Å². The van der Waals surface area contributed by atoms with Crippen LogP contribution in [0.25, 0.3) is 0 Å². The molecule has 0 saturated carbocycles. The summed E-state index contributed by atoms with van der Waals surface area (Å²) in [5.74, 6) is 0. The van der Waals surface area contributed by atoms with Crippen molar-refractivity contribution in [3.05, 3.63) is 37.0 Å². The predicted octanol–water partition coefficient (Wildman–Crippen LogP) is 12.4. The fraction of sp³-hybridized carbons (Fsp3) is 0.846. The molecule has 0 atom stereocenters. The molecule has 0 unspecified atom stereocenters. The van der Waals surface area contributed by atoms with Gasteiger partial charge in [0.25, 0.3) is 0 Å². The summed E-state index contributed by atoms with van der Waals surface area (Å²) in [5, 5.41) is 9.54. The largest absolute Gasteiger partial charge is 0.396 e. The van der Waals surface area contributed by atoms with Crippen LogP contribution in [0.15, 0.2) is 37.0 Å². The van der Waals surface area contributed by atoms with Crippen LogP contribution in [0.1, 0.15) is 181 Å². The molecule has 0 aromatic rings. The van der Waals surface area contributed by atoms with Crippen LogP contribution >= 0.6 is 0 Å². The van der Waals surface area contributed by atoms with Crippen LogP contribution in [0, 0.1) is 5.41 Å². The molecule has 41 heavy (non-hydrogen) atoms. The van der Waals surface area contributed by atoms with Crippen molar-refractivity contribution in [2.24, 2.45) is 5.41 Å². The fourth-order valence-electron chi connectivity index (χ4n) is 6.25. The minimum absolute atomic E-state index is 0.0659. The molecule has 242 valence electrons. The molecule has 0 aromatic carbocycles. The van der Waals surface area contributed by atoms with Gasteiger partial charge < -0.3 is 5.11 Å². The summed E-state index contributed by atoms with van der Waals surface area (Å²) < 4.78 is 0. The van der Waals surface area contributed by atoms with Gasteiger partial charge in [0.1, 0.15) is 0 Å². The van der Waals surface area contributed by atoms with Gasteiger partial charge in [0, 0.05) is 25.1 Å². The maximum atomic E-state index is 9.54. The Bertz CT molecular complexity index is 597. The lowest BCUT2D eigenvalue weighted by molar-refractivity contribution is 0.219. The first-order valence-corrected chi connectivity index (χ1v) is 18.3. The smallest absolute Gasteiger partial charge is 0.0443 e. The van der Waals surface area contributed by atoms with E-state index in [1.165, 1.54) is 165 Å². The molecule has 0 fully saturated rings. The van der Waals surface area contributed by atoms with Crippen molar-refractivity contribution in [1.29, 1.82) is 0 Å². The molecular formula is C39H75NO. The molecule has 0 radical (unpaired) electrons. The lowest BCUT2D eigenvalue weighted by Gasteiger charge is -2.36. The fourth-order valence-corrected chi connectivity index (χ4v) is 6.25. The number of allylic oxidation sites excluding steroid dienone is 2. The summed E-state index contributed by atoms with van der Waals surface area (Å²) in [6.07, 6.45) is 34.5. The van der Waals surface area contributed by atoms with E-state index in [2.05, 4.69) is 51.5 Å². The summed E-state index contributed by atoms with van der Waals surface area (Å²) in [5.41, 5.74) is 2.90. The third kappa shape index (κ3) is 22.4. The van der Waals surface area contributed by atoms with Gasteiger partial charge in [0.15, 0.2) is 0 Å². The monoisotopic (exact) mass is 574 g/mol. The zero-order valence-corrected chi connectivity index (χ0v) is 28.6. The van der Waals surface area contributed by atoms with E-state index >= 15 is 0 Å². The van der Waals surface area contributed by atoms with Gasteiger partial charge in [-0.15, -0.1) is 6.58 Å². The van der Waals surface area contributed by atoms with Gasteiger partial charge in [-0.2, -0.15) is 0 Å². The first-order valence-electron chi connectivity index (χ1n) is 18.3. The van der Waals surface area contributed by atoms with Crippen LogP contribution in [0.2, 0.25) is 0 Å². The average molecular weight is 574 g/mol. The summed E-state index contributed by atoms with van der Waals surface area (Å²) in [6.45, 7) is 23.6. The zero-order valence-electron chi connectivity index (χ0n) is 28.6. The lowest BCUT2D eigenvalue weighted by atomic mass is 9.72. The third-order valence-corrected chi connectivity index (χ3v) is 9.23. The SMILES string of the molecule is C=CC(CCCCCC)(CCCCCC)C(=C)CN(CCCO)CCCCCCCC(=C)CCCCCCCCC. The normalized spacial score (nSPS) is 11.8. The second-order valence-electron chi connectivity index (χ2n) is 13.1. The van der Waals surface area contributed by atoms with Gasteiger partial charge in [0.2, 0.25) is 0 Å². The van der Waals surface area contributed by atoms with Crippen LogP contribution in [0.4, 0.5) is 0 Å². The van der Waals surface area contributed by atoms with E-state index in [0.717, 1.165) is 26.1 Å². The van der Waals surface area contributed by atoms with Gasteiger partial charge in [0.05, 0.1) is 0 Å². The second kappa shape index (κ2) is 29.2. The molecule has 0 saturated heterocycles. The molecule has 0 aliphatic heterocycles. The quantitative estimate of drug-likeness (QED) is 0.0623. The van der Waals surface area contributed by atoms with Gasteiger partial charge >= 0.3 is 0 Å². The van der Waals surface area contributed by atoms with Crippen molar-refractivity contribution < 1.29 is 5.11 Å². The van der Waals surface area contributed by atoms with Crippen LogP contribution in [0.3, 0.4) is 0 Å². The van der Waals surface area contributed by atoms with Crippen LogP contribution in [0.5, 0.6) is 0 Å². The minimum Gasteiger partial charge on any atom is -0.396 e. The number of hydrogen-bond donors (Lipinski definition) is 1. The number of unbranched alkanes of at least 4 members (excludes halogenated alkanes) is 16. The number of aliphatic hydroxyl groups is 1. The highest BCUT2D eigenvalue weighted by atomic mass is 16.3. The Balaban J connectivity index is 4.51. The molecule has 2 nitrogen and oxygen atoms in total. The molecule has 0 aromatic heterocycles. The highest BCUT2D eigenvalue weighted by Crippen LogP contribution is 2.40. The number of rotatable bonds is 33. The van der Waals surface area contributed by atoms with Crippen LogP contribution in [-0.4, -0.2) is 36.2 Å². The molecule has 1 N–H and O–H groups in total. The van der Waals surface area contributed by atoms with Crippen molar-refractivity contribution in [1.82, 2.24) is 4.90 Å². The Labute approximate surface area is 259 Å². The highest BCUT2D eigenvalue weighted by molar-refractivity contribution is 5.20. The van der Waals surface area contributed by atoms with E-state index in [0.29, 0.717) is 0 Å². The topological polar surface area (TPSA) is 23.5 Å². The maximum Gasteiger partial charge on any atom is 0.0443 e. The molecule has 0 amide bonds. The third-order valence-electron chi connectivity index (χ3n) is 9.23. The first-order chi connectivity index (χ1) is 20.0. The zero-order chi connectivity index (χ0) is 30.4. The second-order valence-corrected chi connectivity index (χ2v) is 13.1. The van der Waals surface area contributed by atoms with E-state index in [-0.39, 0.29) is 12.0 Å². The highest BCUT2D eigenvalue weighted by Gasteiger charge is 2.29. The lowest BCUT2D eigenvalue weighted by Crippen LogP contribution is -2.34. The standard InChI is InChI=1S/C39H75NO/c1-7-11-14-17-18-20-23-29-37(5)30-24-21-19-22-27-33-40(34-28-35-41)36-38(6)39(10-4,31-25-15-12-8-2)32-26-16-13-9-3/h10,41H,4-9,11-36H2,1-3H3. The molecule has 0 heterocycles. The van der Waals surface area contributed by atoms with Gasteiger partial charge in [-0.1, -0.05) is 160 Å². The summed E-state index contributed by atoms with van der Waals surface area (Å²) in [6, 6.07) is 0. The van der Waals surface area contributed by atoms with Crippen LogP contribution in [-0.2, 0) is 0 Å². The van der Waals surface area contributed by atoms with Crippen molar-refractivity contribution in [3.63, 3.8) is 0 Å². The molecule has 0 bridgehead atoms. The molecule has 0 aliphatic carbocycles. The Morgan fingerprint density at radius 1 is 0.585 bits per heavy atom. The molecule has 0 spiro atoms. The van der Waals surface area contributed by atoms with E-state index in [1.54, 1.807) is 0 Å². The van der Waals surface area contributed by atoms with E-state index in [9.17, 15) is 5.11 Å². The molecule has 0 rings (SSSR count).